The van der Waals surface area contributed by atoms with Crippen LogP contribution in [0.25, 0.3) is 0 Å². The SMILES string of the molecule is CCNC(=O)c1nnc2n1C[C@@H]1CN(Cc3ccccc3F)C[C@@H]1C2. The maximum absolute atomic E-state index is 13.9. The van der Waals surface area contributed by atoms with E-state index in [0.717, 1.165) is 37.4 Å². The molecule has 25 heavy (non-hydrogen) atoms. The van der Waals surface area contributed by atoms with Gasteiger partial charge in [-0.3, -0.25) is 9.69 Å². The Labute approximate surface area is 146 Å². The van der Waals surface area contributed by atoms with Crippen molar-refractivity contribution in [3.8, 4) is 0 Å². The van der Waals surface area contributed by atoms with Crippen LogP contribution < -0.4 is 5.32 Å². The van der Waals surface area contributed by atoms with Crippen LogP contribution in [-0.2, 0) is 19.5 Å². The van der Waals surface area contributed by atoms with E-state index in [4.69, 9.17) is 0 Å². The summed E-state index contributed by atoms with van der Waals surface area (Å²) >= 11 is 0. The number of fused-ring (bicyclic) bond motifs is 2. The molecule has 0 aliphatic carbocycles. The number of carbonyl (C=O) groups excluding carboxylic acids is 1. The molecule has 1 aromatic carbocycles. The average Bonchev–Trinajstić information content (AvgIpc) is 3.17. The molecule has 7 heteroatoms. The molecule has 2 aromatic rings. The molecule has 2 aliphatic rings. The van der Waals surface area contributed by atoms with Gasteiger partial charge in [0.15, 0.2) is 0 Å². The van der Waals surface area contributed by atoms with Crippen molar-refractivity contribution in [2.45, 2.75) is 26.4 Å². The minimum atomic E-state index is -0.166. The lowest BCUT2D eigenvalue weighted by Gasteiger charge is -2.25. The number of likely N-dealkylation sites (tertiary alicyclic amines) is 1. The Bertz CT molecular complexity index is 790. The molecule has 132 valence electrons. The highest BCUT2D eigenvalue weighted by atomic mass is 19.1. The second-order valence-corrected chi connectivity index (χ2v) is 6.92. The molecule has 1 fully saturated rings. The first kappa shape index (κ1) is 16.2. The Balaban J connectivity index is 1.47. The zero-order valence-corrected chi connectivity index (χ0v) is 14.3. The van der Waals surface area contributed by atoms with Gasteiger partial charge in [-0.25, -0.2) is 4.39 Å². The number of hydrogen-bond acceptors (Lipinski definition) is 4. The van der Waals surface area contributed by atoms with Crippen LogP contribution >= 0.6 is 0 Å². The molecular formula is C18H22FN5O. The van der Waals surface area contributed by atoms with Gasteiger partial charge >= 0.3 is 0 Å². The molecule has 4 rings (SSSR count). The highest BCUT2D eigenvalue weighted by Crippen LogP contribution is 2.33. The van der Waals surface area contributed by atoms with Crippen molar-refractivity contribution in [3.63, 3.8) is 0 Å². The molecular weight excluding hydrogens is 321 g/mol. The van der Waals surface area contributed by atoms with Crippen LogP contribution in [0.4, 0.5) is 4.39 Å². The third kappa shape index (κ3) is 3.04. The predicted molar refractivity (Wildman–Crippen MR) is 90.4 cm³/mol. The lowest BCUT2D eigenvalue weighted by atomic mass is 9.89. The van der Waals surface area contributed by atoms with Crippen molar-refractivity contribution < 1.29 is 9.18 Å². The maximum Gasteiger partial charge on any atom is 0.289 e. The largest absolute Gasteiger partial charge is 0.350 e. The van der Waals surface area contributed by atoms with Gasteiger partial charge < -0.3 is 9.88 Å². The molecule has 2 aliphatic heterocycles. The van der Waals surface area contributed by atoms with Gasteiger partial charge in [-0.2, -0.15) is 0 Å². The normalized spacial score (nSPS) is 22.5. The molecule has 1 N–H and O–H groups in total. The van der Waals surface area contributed by atoms with E-state index in [2.05, 4.69) is 20.4 Å². The summed E-state index contributed by atoms with van der Waals surface area (Å²) in [5, 5.41) is 11.1. The molecule has 1 aromatic heterocycles. The first-order valence-electron chi connectivity index (χ1n) is 8.81. The van der Waals surface area contributed by atoms with Crippen LogP contribution in [0.3, 0.4) is 0 Å². The monoisotopic (exact) mass is 343 g/mol. The van der Waals surface area contributed by atoms with E-state index in [0.29, 0.717) is 30.7 Å². The Morgan fingerprint density at radius 1 is 1.24 bits per heavy atom. The Hall–Kier alpha value is -2.28. The van der Waals surface area contributed by atoms with Crippen LogP contribution in [-0.4, -0.2) is 45.2 Å². The first-order chi connectivity index (χ1) is 12.2. The fourth-order valence-corrected chi connectivity index (χ4v) is 4.03. The number of halogens is 1. The summed E-state index contributed by atoms with van der Waals surface area (Å²) in [6.07, 6.45) is 0.824. The summed E-state index contributed by atoms with van der Waals surface area (Å²) in [6, 6.07) is 6.96. The van der Waals surface area contributed by atoms with Crippen LogP contribution in [0.5, 0.6) is 0 Å². The lowest BCUT2D eigenvalue weighted by Crippen LogP contribution is -2.33. The standard InChI is InChI=1S/C18H22FN5O/c1-2-20-18(25)17-22-21-16-7-13-9-23(10-14(13)11-24(16)17)8-12-5-3-4-6-15(12)19/h3-6,13-14H,2,7-11H2,1H3,(H,20,25)/t13-,14-/m0/s1. The minimum absolute atomic E-state index is 0.145. The summed E-state index contributed by atoms with van der Waals surface area (Å²) in [4.78, 5) is 14.4. The second-order valence-electron chi connectivity index (χ2n) is 6.92. The van der Waals surface area contributed by atoms with Gasteiger partial charge in [0, 0.05) is 44.7 Å². The van der Waals surface area contributed by atoms with Gasteiger partial charge in [0.25, 0.3) is 5.91 Å². The van der Waals surface area contributed by atoms with Crippen molar-refractivity contribution in [2.24, 2.45) is 11.8 Å². The Morgan fingerprint density at radius 3 is 2.84 bits per heavy atom. The van der Waals surface area contributed by atoms with Gasteiger partial charge in [0.1, 0.15) is 11.6 Å². The quantitative estimate of drug-likeness (QED) is 0.913. The van der Waals surface area contributed by atoms with Gasteiger partial charge in [-0.1, -0.05) is 18.2 Å². The zero-order valence-electron chi connectivity index (χ0n) is 14.3. The molecule has 6 nitrogen and oxygen atoms in total. The van der Waals surface area contributed by atoms with E-state index < -0.39 is 0 Å². The highest BCUT2D eigenvalue weighted by molar-refractivity contribution is 5.90. The molecule has 0 saturated carbocycles. The third-order valence-electron chi connectivity index (χ3n) is 5.23. The predicted octanol–water partition coefficient (Wildman–Crippen LogP) is 1.47. The fraction of sp³-hybridized carbons (Fsp3) is 0.500. The average molecular weight is 343 g/mol. The molecule has 0 spiro atoms. The van der Waals surface area contributed by atoms with E-state index in [1.165, 1.54) is 6.07 Å². The number of rotatable bonds is 4. The maximum atomic E-state index is 13.9. The smallest absolute Gasteiger partial charge is 0.289 e. The van der Waals surface area contributed by atoms with Crippen LogP contribution in [0.2, 0.25) is 0 Å². The van der Waals surface area contributed by atoms with E-state index >= 15 is 0 Å². The van der Waals surface area contributed by atoms with Crippen molar-refractivity contribution in [1.29, 1.82) is 0 Å². The van der Waals surface area contributed by atoms with E-state index in [1.807, 2.05) is 23.6 Å². The molecule has 3 heterocycles. The topological polar surface area (TPSA) is 63.1 Å². The van der Waals surface area contributed by atoms with E-state index in [9.17, 15) is 9.18 Å². The Morgan fingerprint density at radius 2 is 2.04 bits per heavy atom. The number of nitrogens with zero attached hydrogens (tertiary/aromatic N) is 4. The second kappa shape index (κ2) is 6.55. The molecule has 1 amide bonds. The lowest BCUT2D eigenvalue weighted by molar-refractivity contribution is 0.0937. The summed E-state index contributed by atoms with van der Waals surface area (Å²) in [6.45, 7) is 5.69. The van der Waals surface area contributed by atoms with Crippen molar-refractivity contribution in [2.75, 3.05) is 19.6 Å². The molecule has 1 saturated heterocycles. The van der Waals surface area contributed by atoms with Crippen molar-refractivity contribution >= 4 is 5.91 Å². The van der Waals surface area contributed by atoms with Crippen LogP contribution in [0, 0.1) is 17.7 Å². The number of nitrogens with one attached hydrogen (secondary N) is 1. The zero-order chi connectivity index (χ0) is 17.4. The van der Waals surface area contributed by atoms with Crippen molar-refractivity contribution in [3.05, 3.63) is 47.3 Å². The summed E-state index contributed by atoms with van der Waals surface area (Å²) in [5.74, 6) is 1.92. The Kier molecular flexibility index (Phi) is 4.25. The summed E-state index contributed by atoms with van der Waals surface area (Å²) < 4.78 is 15.9. The van der Waals surface area contributed by atoms with Crippen LogP contribution in [0.1, 0.15) is 28.9 Å². The van der Waals surface area contributed by atoms with Gasteiger partial charge in [0.2, 0.25) is 5.82 Å². The number of carbonyl (C=O) groups is 1. The number of hydrogen-bond donors (Lipinski definition) is 1. The van der Waals surface area contributed by atoms with E-state index in [1.54, 1.807) is 6.07 Å². The minimum Gasteiger partial charge on any atom is -0.350 e. The number of benzene rings is 1. The molecule has 0 bridgehead atoms. The van der Waals surface area contributed by atoms with Gasteiger partial charge in [-0.15, -0.1) is 10.2 Å². The molecule has 2 atom stereocenters. The third-order valence-corrected chi connectivity index (χ3v) is 5.23. The van der Waals surface area contributed by atoms with Crippen LogP contribution in [0.15, 0.2) is 24.3 Å². The number of amides is 1. The summed E-state index contributed by atoms with van der Waals surface area (Å²) in [5.41, 5.74) is 0.739. The highest BCUT2D eigenvalue weighted by Gasteiger charge is 2.39. The van der Waals surface area contributed by atoms with Crippen molar-refractivity contribution in [1.82, 2.24) is 25.0 Å². The number of aromatic nitrogens is 3. The molecule has 0 unspecified atom stereocenters. The van der Waals surface area contributed by atoms with Gasteiger partial charge in [0.05, 0.1) is 0 Å². The van der Waals surface area contributed by atoms with Gasteiger partial charge in [-0.05, 0) is 24.8 Å². The van der Waals surface area contributed by atoms with E-state index in [-0.39, 0.29) is 11.7 Å². The molecule has 0 radical (unpaired) electrons. The first-order valence-corrected chi connectivity index (χ1v) is 8.81. The fourth-order valence-electron chi connectivity index (χ4n) is 4.03. The summed E-state index contributed by atoms with van der Waals surface area (Å²) in [7, 11) is 0.